The smallest absolute Gasteiger partial charge is 0.257 e. The predicted octanol–water partition coefficient (Wildman–Crippen LogP) is 3.41. The number of aromatic nitrogens is 2. The Balaban J connectivity index is 1.40. The molecule has 0 aliphatic heterocycles. The summed E-state index contributed by atoms with van der Waals surface area (Å²) in [5.41, 5.74) is 2.03. The van der Waals surface area contributed by atoms with Crippen LogP contribution < -0.4 is 10.1 Å². The molecule has 1 heterocycles. The second-order valence-corrected chi connectivity index (χ2v) is 5.90. The topological polar surface area (TPSA) is 56.1 Å². The highest BCUT2D eigenvalue weighted by molar-refractivity contribution is 6.30. The summed E-state index contributed by atoms with van der Waals surface area (Å²) < 4.78 is 20.4. The second kappa shape index (κ2) is 7.98. The van der Waals surface area contributed by atoms with Crippen LogP contribution in [0, 0.1) is 5.82 Å². The summed E-state index contributed by atoms with van der Waals surface area (Å²) in [6.45, 7) is 1.14. The van der Waals surface area contributed by atoms with Gasteiger partial charge in [-0.15, -0.1) is 0 Å². The van der Waals surface area contributed by atoms with E-state index in [9.17, 15) is 9.18 Å². The number of carbonyl (C=O) groups excluding carboxylic acids is 1. The maximum atomic E-state index is 13.0. The zero-order valence-corrected chi connectivity index (χ0v) is 14.2. The molecule has 0 saturated carbocycles. The maximum absolute atomic E-state index is 13.0. The number of nitrogens with zero attached hydrogens (tertiary/aromatic N) is 2. The van der Waals surface area contributed by atoms with Crippen molar-refractivity contribution in [2.75, 3.05) is 13.2 Å². The standard InChI is InChI=1S/C18H17ClFN3O2/c19-14-10-13(6-7-15(14)20)25-11-18(24)21-8-3-9-23-12-22-16-4-1-2-5-17(16)23/h1-2,4-7,10,12H,3,8-9,11H2,(H,21,24). The number of halogens is 2. The molecule has 0 fully saturated rings. The van der Waals surface area contributed by atoms with Crippen molar-refractivity contribution in [1.29, 1.82) is 0 Å². The highest BCUT2D eigenvalue weighted by atomic mass is 35.5. The fraction of sp³-hybridized carbons (Fsp3) is 0.222. The number of imidazole rings is 1. The molecule has 3 aromatic rings. The number of fused-ring (bicyclic) bond motifs is 1. The van der Waals surface area contributed by atoms with Crippen LogP contribution in [0.2, 0.25) is 5.02 Å². The van der Waals surface area contributed by atoms with Gasteiger partial charge in [0, 0.05) is 19.2 Å². The summed E-state index contributed by atoms with van der Waals surface area (Å²) in [6.07, 6.45) is 2.57. The lowest BCUT2D eigenvalue weighted by molar-refractivity contribution is -0.123. The van der Waals surface area contributed by atoms with Gasteiger partial charge in [0.15, 0.2) is 6.61 Å². The first kappa shape index (κ1) is 17.2. The lowest BCUT2D eigenvalue weighted by atomic mass is 10.3. The lowest BCUT2D eigenvalue weighted by Gasteiger charge is -2.08. The first-order valence-corrected chi connectivity index (χ1v) is 8.26. The van der Waals surface area contributed by atoms with Crippen LogP contribution in [-0.2, 0) is 11.3 Å². The molecule has 2 aromatic carbocycles. The molecule has 1 aromatic heterocycles. The van der Waals surface area contributed by atoms with E-state index in [0.29, 0.717) is 12.3 Å². The van der Waals surface area contributed by atoms with E-state index in [1.54, 1.807) is 6.33 Å². The molecule has 3 rings (SSSR count). The molecule has 7 heteroatoms. The summed E-state index contributed by atoms with van der Waals surface area (Å²) in [5.74, 6) is -0.409. The van der Waals surface area contributed by atoms with E-state index < -0.39 is 5.82 Å². The third kappa shape index (κ3) is 4.48. The van der Waals surface area contributed by atoms with E-state index in [0.717, 1.165) is 24.0 Å². The Kier molecular flexibility index (Phi) is 5.50. The highest BCUT2D eigenvalue weighted by Gasteiger charge is 2.06. The summed E-state index contributed by atoms with van der Waals surface area (Å²) in [4.78, 5) is 16.1. The van der Waals surface area contributed by atoms with Gasteiger partial charge in [-0.25, -0.2) is 9.37 Å². The Hall–Kier alpha value is -2.60. The number of carbonyl (C=O) groups is 1. The van der Waals surface area contributed by atoms with Crippen LogP contribution in [0.15, 0.2) is 48.8 Å². The Bertz CT molecular complexity index is 882. The van der Waals surface area contributed by atoms with Crippen LogP contribution in [0.3, 0.4) is 0 Å². The molecule has 0 aliphatic rings. The Morgan fingerprint density at radius 2 is 2.12 bits per heavy atom. The summed E-state index contributed by atoms with van der Waals surface area (Å²) >= 11 is 5.66. The molecule has 0 spiro atoms. The monoisotopic (exact) mass is 361 g/mol. The van der Waals surface area contributed by atoms with Crippen molar-refractivity contribution in [2.45, 2.75) is 13.0 Å². The maximum Gasteiger partial charge on any atom is 0.257 e. The number of ether oxygens (including phenoxy) is 1. The van der Waals surface area contributed by atoms with Gasteiger partial charge in [-0.1, -0.05) is 23.7 Å². The molecular weight excluding hydrogens is 345 g/mol. The Labute approximate surface area is 149 Å². The molecular formula is C18H17ClFN3O2. The minimum Gasteiger partial charge on any atom is -0.484 e. The third-order valence-corrected chi connectivity index (χ3v) is 3.98. The predicted molar refractivity (Wildman–Crippen MR) is 94.3 cm³/mol. The highest BCUT2D eigenvalue weighted by Crippen LogP contribution is 2.20. The second-order valence-electron chi connectivity index (χ2n) is 5.49. The summed E-state index contributed by atoms with van der Waals surface area (Å²) in [5, 5.41) is 2.75. The first-order chi connectivity index (χ1) is 12.1. The number of rotatable bonds is 7. The molecule has 1 N–H and O–H groups in total. The van der Waals surface area contributed by atoms with Crippen molar-refractivity contribution in [3.63, 3.8) is 0 Å². The Morgan fingerprint density at radius 3 is 2.96 bits per heavy atom. The van der Waals surface area contributed by atoms with E-state index in [4.69, 9.17) is 16.3 Å². The van der Waals surface area contributed by atoms with Crippen molar-refractivity contribution < 1.29 is 13.9 Å². The molecule has 0 aliphatic carbocycles. The van der Waals surface area contributed by atoms with Gasteiger partial charge in [0.25, 0.3) is 5.91 Å². The minimum atomic E-state index is -0.523. The molecule has 0 atom stereocenters. The number of aryl methyl sites for hydroxylation is 1. The van der Waals surface area contributed by atoms with Crippen LogP contribution in [0.25, 0.3) is 11.0 Å². The number of para-hydroxylation sites is 2. The van der Waals surface area contributed by atoms with E-state index in [2.05, 4.69) is 14.9 Å². The van der Waals surface area contributed by atoms with Gasteiger partial charge < -0.3 is 14.6 Å². The fourth-order valence-corrected chi connectivity index (χ4v) is 2.60. The largest absolute Gasteiger partial charge is 0.484 e. The van der Waals surface area contributed by atoms with E-state index in [1.807, 2.05) is 24.3 Å². The van der Waals surface area contributed by atoms with Crippen molar-refractivity contribution in [3.05, 3.63) is 59.6 Å². The van der Waals surface area contributed by atoms with Crippen LogP contribution in [0.1, 0.15) is 6.42 Å². The number of nitrogens with one attached hydrogen (secondary N) is 1. The van der Waals surface area contributed by atoms with Crippen LogP contribution in [-0.4, -0.2) is 28.6 Å². The minimum absolute atomic E-state index is 0.0366. The molecule has 0 bridgehead atoms. The van der Waals surface area contributed by atoms with E-state index in [1.165, 1.54) is 18.2 Å². The molecule has 130 valence electrons. The Morgan fingerprint density at radius 1 is 1.28 bits per heavy atom. The van der Waals surface area contributed by atoms with Gasteiger partial charge in [0.1, 0.15) is 11.6 Å². The average molecular weight is 362 g/mol. The molecule has 5 nitrogen and oxygen atoms in total. The van der Waals surface area contributed by atoms with Crippen molar-refractivity contribution in [3.8, 4) is 5.75 Å². The van der Waals surface area contributed by atoms with Gasteiger partial charge in [-0.3, -0.25) is 4.79 Å². The van der Waals surface area contributed by atoms with E-state index >= 15 is 0 Å². The van der Waals surface area contributed by atoms with Crippen LogP contribution in [0.5, 0.6) is 5.75 Å². The zero-order valence-electron chi connectivity index (χ0n) is 13.4. The van der Waals surface area contributed by atoms with Crippen LogP contribution >= 0.6 is 11.6 Å². The number of hydrogen-bond acceptors (Lipinski definition) is 3. The van der Waals surface area contributed by atoms with Gasteiger partial charge in [0.2, 0.25) is 0 Å². The average Bonchev–Trinajstić information content (AvgIpc) is 3.03. The first-order valence-electron chi connectivity index (χ1n) is 7.88. The summed E-state index contributed by atoms with van der Waals surface area (Å²) in [6, 6.07) is 11.9. The summed E-state index contributed by atoms with van der Waals surface area (Å²) in [7, 11) is 0. The SMILES string of the molecule is O=C(COc1ccc(F)c(Cl)c1)NCCCn1cnc2ccccc21. The van der Waals surface area contributed by atoms with E-state index in [-0.39, 0.29) is 17.5 Å². The molecule has 0 saturated heterocycles. The van der Waals surface area contributed by atoms with Crippen LogP contribution in [0.4, 0.5) is 4.39 Å². The van der Waals surface area contributed by atoms with Gasteiger partial charge in [-0.05, 0) is 30.7 Å². The third-order valence-electron chi connectivity index (χ3n) is 3.69. The molecule has 0 radical (unpaired) electrons. The van der Waals surface area contributed by atoms with Crippen molar-refractivity contribution in [1.82, 2.24) is 14.9 Å². The lowest BCUT2D eigenvalue weighted by Crippen LogP contribution is -2.30. The number of hydrogen-bond donors (Lipinski definition) is 1. The van der Waals surface area contributed by atoms with Crippen molar-refractivity contribution >= 4 is 28.5 Å². The molecule has 25 heavy (non-hydrogen) atoms. The molecule has 0 unspecified atom stereocenters. The number of amides is 1. The van der Waals surface area contributed by atoms with Crippen molar-refractivity contribution in [2.24, 2.45) is 0 Å². The normalized spacial score (nSPS) is 10.8. The van der Waals surface area contributed by atoms with Gasteiger partial charge >= 0.3 is 0 Å². The van der Waals surface area contributed by atoms with Gasteiger partial charge in [-0.2, -0.15) is 0 Å². The number of benzene rings is 2. The van der Waals surface area contributed by atoms with Gasteiger partial charge in [0.05, 0.1) is 22.4 Å². The quantitative estimate of drug-likeness (QED) is 0.656. The zero-order chi connectivity index (χ0) is 17.6. The molecule has 1 amide bonds. The fourth-order valence-electron chi connectivity index (χ4n) is 2.43.